The van der Waals surface area contributed by atoms with Gasteiger partial charge < -0.3 is 0 Å². The van der Waals surface area contributed by atoms with E-state index < -0.39 is 0 Å². The maximum Gasteiger partial charge on any atom is 0.00596 e. The molecule has 0 saturated heterocycles. The summed E-state index contributed by atoms with van der Waals surface area (Å²) in [6.07, 6.45) is 5.81. The summed E-state index contributed by atoms with van der Waals surface area (Å²) in [5.74, 6) is 1.99. The van der Waals surface area contributed by atoms with Gasteiger partial charge in [0.2, 0.25) is 0 Å². The van der Waals surface area contributed by atoms with Crippen LogP contribution in [0.5, 0.6) is 0 Å². The van der Waals surface area contributed by atoms with Crippen molar-refractivity contribution in [3.63, 3.8) is 0 Å². The first kappa shape index (κ1) is 7.59. The van der Waals surface area contributed by atoms with Crippen LogP contribution in [-0.4, -0.2) is 5.33 Å². The second-order valence-corrected chi connectivity index (χ2v) is 3.93. The molecule has 0 aromatic heterocycles. The molecule has 0 aromatic carbocycles. The van der Waals surface area contributed by atoms with E-state index in [0.717, 1.165) is 11.8 Å². The second kappa shape index (κ2) is 3.60. The van der Waals surface area contributed by atoms with Crippen molar-refractivity contribution in [3.05, 3.63) is 0 Å². The monoisotopic (exact) mass is 190 g/mol. The van der Waals surface area contributed by atoms with Crippen molar-refractivity contribution in [2.45, 2.75) is 32.6 Å². The lowest BCUT2D eigenvalue weighted by Gasteiger charge is -2.24. The molecule has 1 aliphatic carbocycles. The molecule has 0 N–H and O–H groups in total. The minimum atomic E-state index is 0.987. The highest BCUT2D eigenvalue weighted by atomic mass is 79.9. The van der Waals surface area contributed by atoms with Crippen molar-refractivity contribution >= 4 is 15.9 Å². The predicted octanol–water partition coefficient (Wildman–Crippen LogP) is 3.21. The first-order valence-corrected chi connectivity index (χ1v) is 5.01. The summed E-state index contributed by atoms with van der Waals surface area (Å²) in [4.78, 5) is 0. The molecule has 0 aromatic rings. The smallest absolute Gasteiger partial charge is 0.00596 e. The standard InChI is InChI=1S/C8H15Br/c1-7-2-4-8(6-9)5-3-7/h7-8H,2-6H2,1H3/t7-,8+. The molecular weight excluding hydrogens is 176 g/mol. The third kappa shape index (κ3) is 2.29. The molecule has 1 fully saturated rings. The second-order valence-electron chi connectivity index (χ2n) is 3.28. The van der Waals surface area contributed by atoms with Gasteiger partial charge >= 0.3 is 0 Å². The highest BCUT2D eigenvalue weighted by Gasteiger charge is 2.16. The van der Waals surface area contributed by atoms with Crippen molar-refractivity contribution in [1.29, 1.82) is 0 Å². The van der Waals surface area contributed by atoms with Crippen molar-refractivity contribution in [2.75, 3.05) is 5.33 Å². The van der Waals surface area contributed by atoms with Crippen LogP contribution >= 0.6 is 15.9 Å². The van der Waals surface area contributed by atoms with E-state index in [1.807, 2.05) is 0 Å². The summed E-state index contributed by atoms with van der Waals surface area (Å²) in [5, 5.41) is 1.22. The molecule has 1 rings (SSSR count). The van der Waals surface area contributed by atoms with Gasteiger partial charge in [-0.15, -0.1) is 0 Å². The van der Waals surface area contributed by atoms with E-state index in [0.29, 0.717) is 0 Å². The average Bonchev–Trinajstić information content (AvgIpc) is 1.90. The van der Waals surface area contributed by atoms with Crippen LogP contribution in [0.4, 0.5) is 0 Å². The van der Waals surface area contributed by atoms with E-state index in [-0.39, 0.29) is 0 Å². The minimum absolute atomic E-state index is 0.987. The van der Waals surface area contributed by atoms with Crippen LogP contribution in [0.15, 0.2) is 0 Å². The third-order valence-electron chi connectivity index (χ3n) is 2.35. The Kier molecular flexibility index (Phi) is 3.03. The summed E-state index contributed by atoms with van der Waals surface area (Å²) < 4.78 is 0. The fourth-order valence-electron chi connectivity index (χ4n) is 1.48. The highest BCUT2D eigenvalue weighted by Crippen LogP contribution is 2.28. The van der Waals surface area contributed by atoms with Crippen LogP contribution in [0.1, 0.15) is 32.6 Å². The summed E-state index contributed by atoms with van der Waals surface area (Å²) in [7, 11) is 0. The molecule has 1 heteroatoms. The van der Waals surface area contributed by atoms with Crippen molar-refractivity contribution in [1.82, 2.24) is 0 Å². The quantitative estimate of drug-likeness (QED) is 0.558. The predicted molar refractivity (Wildman–Crippen MR) is 44.9 cm³/mol. The lowest BCUT2D eigenvalue weighted by Crippen LogP contribution is -2.12. The van der Waals surface area contributed by atoms with Gasteiger partial charge in [-0.1, -0.05) is 35.7 Å². The molecule has 0 heterocycles. The van der Waals surface area contributed by atoms with E-state index >= 15 is 0 Å². The van der Waals surface area contributed by atoms with Crippen LogP contribution in [0.3, 0.4) is 0 Å². The number of hydrogen-bond donors (Lipinski definition) is 0. The number of halogens is 1. The van der Waals surface area contributed by atoms with Crippen molar-refractivity contribution in [2.24, 2.45) is 11.8 Å². The topological polar surface area (TPSA) is 0 Å². The van der Waals surface area contributed by atoms with Gasteiger partial charge in [0.15, 0.2) is 0 Å². The van der Waals surface area contributed by atoms with Crippen molar-refractivity contribution in [3.8, 4) is 0 Å². The van der Waals surface area contributed by atoms with Crippen LogP contribution < -0.4 is 0 Å². The molecule has 1 saturated carbocycles. The summed E-state index contributed by atoms with van der Waals surface area (Å²) in [6.45, 7) is 2.37. The van der Waals surface area contributed by atoms with Crippen LogP contribution in [0.25, 0.3) is 0 Å². The molecule has 54 valence electrons. The normalized spacial score (nSPS) is 36.7. The van der Waals surface area contributed by atoms with Gasteiger partial charge in [0.05, 0.1) is 0 Å². The molecule has 0 radical (unpaired) electrons. The molecule has 0 bridgehead atoms. The van der Waals surface area contributed by atoms with Crippen LogP contribution in [0, 0.1) is 11.8 Å². The average molecular weight is 191 g/mol. The molecule has 0 unspecified atom stereocenters. The van der Waals surface area contributed by atoms with Gasteiger partial charge in [-0.2, -0.15) is 0 Å². The SMILES string of the molecule is C[C@H]1CC[C@@H](CBr)CC1. The fourth-order valence-corrected chi connectivity index (χ4v) is 2.13. The van der Waals surface area contributed by atoms with Crippen molar-refractivity contribution < 1.29 is 0 Å². The molecule has 0 amide bonds. The Morgan fingerprint density at radius 2 is 1.78 bits per heavy atom. The summed E-state index contributed by atoms with van der Waals surface area (Å²) >= 11 is 3.53. The van der Waals surface area contributed by atoms with E-state index in [2.05, 4.69) is 22.9 Å². The molecular formula is C8H15Br. The van der Waals surface area contributed by atoms with Gasteiger partial charge in [-0.25, -0.2) is 0 Å². The zero-order chi connectivity index (χ0) is 6.69. The Hall–Kier alpha value is 0.480. The molecule has 0 spiro atoms. The zero-order valence-electron chi connectivity index (χ0n) is 6.07. The van der Waals surface area contributed by atoms with Gasteiger partial charge in [-0.05, 0) is 24.7 Å². The van der Waals surface area contributed by atoms with E-state index in [4.69, 9.17) is 0 Å². The first-order valence-electron chi connectivity index (χ1n) is 3.89. The van der Waals surface area contributed by atoms with Gasteiger partial charge in [0.1, 0.15) is 0 Å². The lowest BCUT2D eigenvalue weighted by atomic mass is 9.84. The summed E-state index contributed by atoms with van der Waals surface area (Å²) in [5.41, 5.74) is 0. The molecule has 0 atom stereocenters. The molecule has 0 aliphatic heterocycles. The molecule has 1 aliphatic rings. The Morgan fingerprint density at radius 1 is 1.22 bits per heavy atom. The molecule has 0 nitrogen and oxygen atoms in total. The first-order chi connectivity index (χ1) is 4.33. The largest absolute Gasteiger partial charge is 0.0925 e. The van der Waals surface area contributed by atoms with Crippen LogP contribution in [0.2, 0.25) is 0 Å². The highest BCUT2D eigenvalue weighted by molar-refractivity contribution is 9.09. The maximum absolute atomic E-state index is 3.53. The number of alkyl halides is 1. The van der Waals surface area contributed by atoms with E-state index in [1.54, 1.807) is 0 Å². The number of hydrogen-bond acceptors (Lipinski definition) is 0. The minimum Gasteiger partial charge on any atom is -0.0925 e. The van der Waals surface area contributed by atoms with Gasteiger partial charge in [-0.3, -0.25) is 0 Å². The Balaban J connectivity index is 2.18. The third-order valence-corrected chi connectivity index (χ3v) is 3.27. The van der Waals surface area contributed by atoms with Gasteiger partial charge in [0, 0.05) is 5.33 Å². The van der Waals surface area contributed by atoms with E-state index in [1.165, 1.54) is 31.0 Å². The van der Waals surface area contributed by atoms with Gasteiger partial charge in [0.25, 0.3) is 0 Å². The lowest BCUT2D eigenvalue weighted by molar-refractivity contribution is 0.313. The Morgan fingerprint density at radius 3 is 2.22 bits per heavy atom. The number of rotatable bonds is 1. The summed E-state index contributed by atoms with van der Waals surface area (Å²) in [6, 6.07) is 0. The Labute approximate surface area is 66.2 Å². The Bertz CT molecular complexity index is 72.6. The zero-order valence-corrected chi connectivity index (χ0v) is 7.65. The fraction of sp³-hybridized carbons (Fsp3) is 1.00. The van der Waals surface area contributed by atoms with Crippen LogP contribution in [-0.2, 0) is 0 Å². The maximum atomic E-state index is 3.53. The molecule has 9 heavy (non-hydrogen) atoms. The van der Waals surface area contributed by atoms with E-state index in [9.17, 15) is 0 Å².